The van der Waals surface area contributed by atoms with Crippen molar-refractivity contribution in [2.45, 2.75) is 13.1 Å². The number of hydrogen-bond acceptors (Lipinski definition) is 2. The van der Waals surface area contributed by atoms with Crippen molar-refractivity contribution in [1.82, 2.24) is 10.2 Å². The number of aromatic amines is 1. The summed E-state index contributed by atoms with van der Waals surface area (Å²) in [4.78, 5) is 0. The van der Waals surface area contributed by atoms with E-state index in [1.807, 2.05) is 0 Å². The third kappa shape index (κ3) is 2.03. The molecule has 18 heavy (non-hydrogen) atoms. The summed E-state index contributed by atoms with van der Waals surface area (Å²) in [5.74, 6) is -0.685. The molecule has 0 saturated carbocycles. The molecule has 0 aliphatic heterocycles. The molecule has 0 aliphatic carbocycles. The number of anilines is 1. The van der Waals surface area contributed by atoms with E-state index in [9.17, 15) is 17.6 Å². The molecule has 0 unspecified atom stereocenters. The number of halogens is 4. The number of hydrogen-bond donors (Lipinski definition) is 2. The molecule has 7 heteroatoms. The first-order valence-corrected chi connectivity index (χ1v) is 4.98. The van der Waals surface area contributed by atoms with Gasteiger partial charge in [0.15, 0.2) is 5.69 Å². The number of H-pyrrole nitrogens is 1. The van der Waals surface area contributed by atoms with Gasteiger partial charge in [0.1, 0.15) is 5.82 Å². The second-order valence-corrected chi connectivity index (χ2v) is 3.81. The largest absolute Gasteiger partial charge is 0.435 e. The van der Waals surface area contributed by atoms with Gasteiger partial charge < -0.3 is 5.73 Å². The molecule has 0 amide bonds. The number of benzene rings is 1. The minimum absolute atomic E-state index is 0.0630. The van der Waals surface area contributed by atoms with Crippen LogP contribution in [-0.4, -0.2) is 10.2 Å². The van der Waals surface area contributed by atoms with Crippen molar-refractivity contribution in [3.8, 4) is 11.3 Å². The molecular weight excluding hydrogens is 250 g/mol. The van der Waals surface area contributed by atoms with E-state index >= 15 is 0 Å². The summed E-state index contributed by atoms with van der Waals surface area (Å²) in [5.41, 5.74) is 4.55. The van der Waals surface area contributed by atoms with Crippen LogP contribution in [0.15, 0.2) is 18.2 Å². The van der Waals surface area contributed by atoms with Gasteiger partial charge in [0.25, 0.3) is 0 Å². The zero-order chi connectivity index (χ0) is 13.5. The molecule has 0 atom stereocenters. The molecule has 1 heterocycles. The monoisotopic (exact) mass is 259 g/mol. The Hall–Kier alpha value is -2.05. The van der Waals surface area contributed by atoms with Crippen LogP contribution in [0.25, 0.3) is 11.3 Å². The number of nitrogens with one attached hydrogen (secondary N) is 1. The molecule has 96 valence electrons. The fraction of sp³-hybridized carbons (Fsp3) is 0.182. The molecule has 2 aromatic rings. The summed E-state index contributed by atoms with van der Waals surface area (Å²) >= 11 is 0. The molecule has 0 fully saturated rings. The SMILES string of the molecule is Cc1c(C(F)(F)F)n[nH]c1-c1ccc(N)c(F)c1. The van der Waals surface area contributed by atoms with E-state index in [4.69, 9.17) is 5.73 Å². The lowest BCUT2D eigenvalue weighted by Crippen LogP contribution is -2.07. The van der Waals surface area contributed by atoms with Crippen molar-refractivity contribution in [1.29, 1.82) is 0 Å². The summed E-state index contributed by atoms with van der Waals surface area (Å²) in [5, 5.41) is 5.48. The van der Waals surface area contributed by atoms with Crippen molar-refractivity contribution in [3.05, 3.63) is 35.3 Å². The Morgan fingerprint density at radius 1 is 1.28 bits per heavy atom. The topological polar surface area (TPSA) is 54.7 Å². The standard InChI is InChI=1S/C11H9F4N3/c1-5-9(17-18-10(5)11(13,14)15)6-2-3-8(16)7(12)4-6/h2-4H,16H2,1H3,(H,17,18). The van der Waals surface area contributed by atoms with Gasteiger partial charge in [0.05, 0.1) is 11.4 Å². The van der Waals surface area contributed by atoms with Crippen molar-refractivity contribution >= 4 is 5.69 Å². The molecule has 0 saturated heterocycles. The Bertz CT molecular complexity index is 586. The number of rotatable bonds is 1. The maximum Gasteiger partial charge on any atom is 0.435 e. The highest BCUT2D eigenvalue weighted by molar-refractivity contribution is 5.66. The first-order chi connectivity index (χ1) is 8.30. The predicted octanol–water partition coefficient (Wildman–Crippen LogP) is 3.13. The normalized spacial score (nSPS) is 11.8. The van der Waals surface area contributed by atoms with Gasteiger partial charge in [-0.3, -0.25) is 5.10 Å². The van der Waals surface area contributed by atoms with Crippen molar-refractivity contribution in [2.24, 2.45) is 0 Å². The summed E-state index contributed by atoms with van der Waals surface area (Å²) in [6, 6.07) is 3.79. The molecule has 0 radical (unpaired) electrons. The fourth-order valence-electron chi connectivity index (χ4n) is 1.64. The van der Waals surface area contributed by atoms with E-state index in [0.717, 1.165) is 6.07 Å². The van der Waals surface area contributed by atoms with E-state index in [-0.39, 0.29) is 22.5 Å². The second kappa shape index (κ2) is 4.01. The molecular formula is C11H9F4N3. The minimum atomic E-state index is -4.54. The Balaban J connectivity index is 2.52. The zero-order valence-corrected chi connectivity index (χ0v) is 9.27. The van der Waals surface area contributed by atoms with Gasteiger partial charge in [-0.05, 0) is 19.1 Å². The molecule has 1 aromatic heterocycles. The average molecular weight is 259 g/mol. The smallest absolute Gasteiger partial charge is 0.396 e. The van der Waals surface area contributed by atoms with Gasteiger partial charge in [-0.15, -0.1) is 0 Å². The molecule has 0 aliphatic rings. The highest BCUT2D eigenvalue weighted by atomic mass is 19.4. The van der Waals surface area contributed by atoms with Crippen LogP contribution in [0.1, 0.15) is 11.3 Å². The quantitative estimate of drug-likeness (QED) is 0.610. The lowest BCUT2D eigenvalue weighted by molar-refractivity contribution is -0.141. The minimum Gasteiger partial charge on any atom is -0.396 e. The van der Waals surface area contributed by atoms with Crippen molar-refractivity contribution < 1.29 is 17.6 Å². The average Bonchev–Trinajstić information content (AvgIpc) is 2.64. The summed E-state index contributed by atoms with van der Waals surface area (Å²) in [6.07, 6.45) is -4.54. The third-order valence-electron chi connectivity index (χ3n) is 2.57. The lowest BCUT2D eigenvalue weighted by Gasteiger charge is -2.04. The Morgan fingerprint density at radius 2 is 1.94 bits per heavy atom. The van der Waals surface area contributed by atoms with E-state index < -0.39 is 17.7 Å². The van der Waals surface area contributed by atoms with E-state index in [1.165, 1.54) is 19.1 Å². The number of alkyl halides is 3. The van der Waals surface area contributed by atoms with Gasteiger partial charge in [0.2, 0.25) is 0 Å². The van der Waals surface area contributed by atoms with E-state index in [0.29, 0.717) is 0 Å². The Kier molecular flexibility index (Phi) is 2.76. The zero-order valence-electron chi connectivity index (χ0n) is 9.27. The first-order valence-electron chi connectivity index (χ1n) is 4.98. The van der Waals surface area contributed by atoms with Crippen LogP contribution in [0.2, 0.25) is 0 Å². The summed E-state index contributed by atoms with van der Waals surface area (Å²) in [7, 11) is 0. The lowest BCUT2D eigenvalue weighted by atomic mass is 10.1. The highest BCUT2D eigenvalue weighted by Gasteiger charge is 2.36. The summed E-state index contributed by atoms with van der Waals surface area (Å²) < 4.78 is 50.9. The molecule has 3 nitrogen and oxygen atoms in total. The number of nitrogens with two attached hydrogens (primary N) is 1. The first kappa shape index (κ1) is 12.4. The van der Waals surface area contributed by atoms with E-state index in [2.05, 4.69) is 10.2 Å². The number of nitrogen functional groups attached to an aromatic ring is 1. The van der Waals surface area contributed by atoms with Crippen molar-refractivity contribution in [3.63, 3.8) is 0 Å². The van der Waals surface area contributed by atoms with E-state index in [1.54, 1.807) is 0 Å². The fourth-order valence-corrected chi connectivity index (χ4v) is 1.64. The van der Waals surface area contributed by atoms with Crippen LogP contribution < -0.4 is 5.73 Å². The second-order valence-electron chi connectivity index (χ2n) is 3.81. The molecule has 0 spiro atoms. The van der Waals surface area contributed by atoms with Crippen LogP contribution in [0.4, 0.5) is 23.2 Å². The Labute approximate surface area is 99.6 Å². The highest BCUT2D eigenvalue weighted by Crippen LogP contribution is 2.34. The van der Waals surface area contributed by atoms with Gasteiger partial charge in [-0.1, -0.05) is 6.07 Å². The summed E-state index contributed by atoms with van der Waals surface area (Å²) in [6.45, 7) is 1.27. The third-order valence-corrected chi connectivity index (χ3v) is 2.57. The molecule has 2 rings (SSSR count). The van der Waals surface area contributed by atoms with Crippen molar-refractivity contribution in [2.75, 3.05) is 5.73 Å². The molecule has 0 bridgehead atoms. The van der Waals surface area contributed by atoms with Gasteiger partial charge in [-0.2, -0.15) is 18.3 Å². The molecule has 1 aromatic carbocycles. The maximum absolute atomic E-state index is 13.3. The van der Waals surface area contributed by atoms with Gasteiger partial charge in [-0.25, -0.2) is 4.39 Å². The predicted molar refractivity (Wildman–Crippen MR) is 58.1 cm³/mol. The van der Waals surface area contributed by atoms with Crippen LogP contribution in [-0.2, 0) is 6.18 Å². The Morgan fingerprint density at radius 3 is 2.44 bits per heavy atom. The van der Waals surface area contributed by atoms with Crippen LogP contribution in [0, 0.1) is 12.7 Å². The van der Waals surface area contributed by atoms with Gasteiger partial charge in [0, 0.05) is 11.1 Å². The number of nitrogens with zero attached hydrogens (tertiary/aromatic N) is 1. The maximum atomic E-state index is 13.3. The molecule has 3 N–H and O–H groups in total. The van der Waals surface area contributed by atoms with Gasteiger partial charge >= 0.3 is 6.18 Å². The van der Waals surface area contributed by atoms with Crippen LogP contribution in [0.5, 0.6) is 0 Å². The number of aromatic nitrogens is 2. The van der Waals surface area contributed by atoms with Crippen LogP contribution >= 0.6 is 0 Å². The van der Waals surface area contributed by atoms with Crippen LogP contribution in [0.3, 0.4) is 0 Å².